The van der Waals surface area contributed by atoms with Crippen molar-refractivity contribution in [2.24, 2.45) is 5.41 Å². The van der Waals surface area contributed by atoms with Crippen molar-refractivity contribution in [1.82, 2.24) is 0 Å². The number of carbonyl (C=O) groups excluding carboxylic acids is 2. The zero-order chi connectivity index (χ0) is 18.7. The van der Waals surface area contributed by atoms with E-state index >= 15 is 0 Å². The van der Waals surface area contributed by atoms with Crippen LogP contribution in [-0.2, 0) is 16.0 Å². The highest BCUT2D eigenvalue weighted by atomic mass is 16.2. The van der Waals surface area contributed by atoms with Gasteiger partial charge in [0.1, 0.15) is 5.41 Å². The highest BCUT2D eigenvalue weighted by Crippen LogP contribution is 2.47. The number of nitrogens with one attached hydrogen (secondary N) is 2. The molecule has 0 radical (unpaired) electrons. The Kier molecular flexibility index (Phi) is 5.12. The Morgan fingerprint density at radius 3 is 1.73 bits per heavy atom. The molecule has 2 amide bonds. The van der Waals surface area contributed by atoms with Crippen LogP contribution in [0, 0.1) is 5.41 Å². The van der Waals surface area contributed by atoms with Crippen molar-refractivity contribution < 1.29 is 9.59 Å². The van der Waals surface area contributed by atoms with Crippen molar-refractivity contribution in [3.8, 4) is 0 Å². The molecule has 0 heterocycles. The van der Waals surface area contributed by atoms with E-state index in [1.165, 1.54) is 11.1 Å². The summed E-state index contributed by atoms with van der Waals surface area (Å²) >= 11 is 0. The van der Waals surface area contributed by atoms with Gasteiger partial charge in [0, 0.05) is 11.4 Å². The van der Waals surface area contributed by atoms with Gasteiger partial charge in [-0.1, -0.05) is 45.0 Å². The summed E-state index contributed by atoms with van der Waals surface area (Å²) in [6.45, 7) is 6.35. The number of rotatable bonds is 6. The summed E-state index contributed by atoms with van der Waals surface area (Å²) in [6.07, 6.45) is 2.12. The van der Waals surface area contributed by atoms with Crippen LogP contribution in [0.15, 0.2) is 48.5 Å². The van der Waals surface area contributed by atoms with E-state index in [2.05, 4.69) is 31.4 Å². The van der Waals surface area contributed by atoms with Crippen LogP contribution in [0.3, 0.4) is 0 Å². The summed E-state index contributed by atoms with van der Waals surface area (Å²) in [5.74, 6) is -0.00470. The molecule has 1 aliphatic carbocycles. The third-order valence-electron chi connectivity index (χ3n) is 5.07. The lowest BCUT2D eigenvalue weighted by molar-refractivity contribution is -0.131. The molecular weight excluding hydrogens is 324 g/mol. The van der Waals surface area contributed by atoms with Crippen LogP contribution in [0.5, 0.6) is 0 Å². The minimum absolute atomic E-state index is 0.224. The van der Waals surface area contributed by atoms with Gasteiger partial charge in [0.25, 0.3) is 0 Å². The highest BCUT2D eigenvalue weighted by molar-refractivity contribution is 6.16. The fraction of sp³-hybridized carbons (Fsp3) is 0.364. The second-order valence-corrected chi connectivity index (χ2v) is 7.32. The summed E-state index contributed by atoms with van der Waals surface area (Å²) in [6, 6.07) is 15.6. The third kappa shape index (κ3) is 3.79. The van der Waals surface area contributed by atoms with Gasteiger partial charge in [0.15, 0.2) is 0 Å². The molecule has 3 rings (SSSR count). The van der Waals surface area contributed by atoms with Crippen LogP contribution in [-0.4, -0.2) is 11.8 Å². The summed E-state index contributed by atoms with van der Waals surface area (Å²) < 4.78 is 0. The van der Waals surface area contributed by atoms with E-state index in [0.717, 1.165) is 17.8 Å². The predicted octanol–water partition coefficient (Wildman–Crippen LogP) is 4.73. The number of hydrogen-bond acceptors (Lipinski definition) is 2. The SMILES string of the molecule is CCc1ccc(NC(=O)C2(C(=O)Nc3ccc(C(C)C)cc3)CC2)cc1. The maximum atomic E-state index is 12.7. The normalized spacial score (nSPS) is 14.8. The second-order valence-electron chi connectivity index (χ2n) is 7.32. The lowest BCUT2D eigenvalue weighted by atomic mass is 10.0. The van der Waals surface area contributed by atoms with Gasteiger partial charge in [-0.15, -0.1) is 0 Å². The van der Waals surface area contributed by atoms with E-state index in [1.54, 1.807) is 0 Å². The Morgan fingerprint density at radius 2 is 1.35 bits per heavy atom. The number of benzene rings is 2. The van der Waals surface area contributed by atoms with E-state index in [4.69, 9.17) is 0 Å². The summed E-state index contributed by atoms with van der Waals surface area (Å²) in [4.78, 5) is 25.3. The Hall–Kier alpha value is -2.62. The second kappa shape index (κ2) is 7.32. The standard InChI is InChI=1S/C22H26N2O2/c1-4-16-5-9-18(10-6-16)23-20(25)22(13-14-22)21(26)24-19-11-7-17(8-12-19)15(2)3/h5-12,15H,4,13-14H2,1-3H3,(H,23,25)(H,24,26). The van der Waals surface area contributed by atoms with Gasteiger partial charge < -0.3 is 10.6 Å². The molecule has 26 heavy (non-hydrogen) atoms. The van der Waals surface area contributed by atoms with Crippen molar-refractivity contribution in [1.29, 1.82) is 0 Å². The van der Waals surface area contributed by atoms with E-state index < -0.39 is 5.41 Å². The van der Waals surface area contributed by atoms with Gasteiger partial charge in [-0.05, 0) is 60.6 Å². The quantitative estimate of drug-likeness (QED) is 0.740. The molecule has 4 heteroatoms. The van der Waals surface area contributed by atoms with Gasteiger partial charge >= 0.3 is 0 Å². The molecule has 136 valence electrons. The first kappa shape index (κ1) is 18.2. The molecular formula is C22H26N2O2. The lowest BCUT2D eigenvalue weighted by Gasteiger charge is -2.16. The number of anilines is 2. The average Bonchev–Trinajstić information content (AvgIpc) is 3.45. The molecule has 0 aliphatic heterocycles. The molecule has 2 N–H and O–H groups in total. The van der Waals surface area contributed by atoms with E-state index in [0.29, 0.717) is 18.8 Å². The molecule has 2 aromatic carbocycles. The Bertz CT molecular complexity index is 788. The van der Waals surface area contributed by atoms with E-state index in [1.807, 2.05) is 48.5 Å². The smallest absolute Gasteiger partial charge is 0.240 e. The first-order valence-electron chi connectivity index (χ1n) is 9.26. The zero-order valence-electron chi connectivity index (χ0n) is 15.6. The molecule has 2 aromatic rings. The molecule has 1 aliphatic rings. The van der Waals surface area contributed by atoms with Crippen LogP contribution in [0.25, 0.3) is 0 Å². The van der Waals surface area contributed by atoms with Gasteiger partial charge in [-0.2, -0.15) is 0 Å². The van der Waals surface area contributed by atoms with Crippen molar-refractivity contribution in [2.45, 2.75) is 46.0 Å². The molecule has 0 bridgehead atoms. The predicted molar refractivity (Wildman–Crippen MR) is 105 cm³/mol. The monoisotopic (exact) mass is 350 g/mol. The maximum absolute atomic E-state index is 12.7. The Labute approximate surface area is 155 Å². The molecule has 4 nitrogen and oxygen atoms in total. The van der Waals surface area contributed by atoms with Crippen molar-refractivity contribution in [3.05, 3.63) is 59.7 Å². The summed E-state index contributed by atoms with van der Waals surface area (Å²) in [5, 5.41) is 5.78. The fourth-order valence-corrected chi connectivity index (χ4v) is 2.96. The molecule has 0 atom stereocenters. The van der Waals surface area contributed by atoms with Crippen LogP contribution < -0.4 is 10.6 Å². The van der Waals surface area contributed by atoms with Crippen LogP contribution in [0.1, 0.15) is 50.7 Å². The van der Waals surface area contributed by atoms with Gasteiger partial charge in [0.2, 0.25) is 11.8 Å². The third-order valence-corrected chi connectivity index (χ3v) is 5.07. The minimum Gasteiger partial charge on any atom is -0.325 e. The van der Waals surface area contributed by atoms with Crippen LogP contribution >= 0.6 is 0 Å². The van der Waals surface area contributed by atoms with Gasteiger partial charge in [-0.3, -0.25) is 9.59 Å². The van der Waals surface area contributed by atoms with Crippen molar-refractivity contribution in [2.75, 3.05) is 10.6 Å². The fourth-order valence-electron chi connectivity index (χ4n) is 2.96. The molecule has 1 fully saturated rings. The van der Waals surface area contributed by atoms with Crippen LogP contribution in [0.4, 0.5) is 11.4 Å². The largest absolute Gasteiger partial charge is 0.325 e. The zero-order valence-corrected chi connectivity index (χ0v) is 15.6. The number of aryl methyl sites for hydroxylation is 1. The van der Waals surface area contributed by atoms with E-state index in [9.17, 15) is 9.59 Å². The molecule has 0 saturated heterocycles. The topological polar surface area (TPSA) is 58.2 Å². The van der Waals surface area contributed by atoms with Gasteiger partial charge in [-0.25, -0.2) is 0 Å². The van der Waals surface area contributed by atoms with Gasteiger partial charge in [0.05, 0.1) is 0 Å². The maximum Gasteiger partial charge on any atom is 0.240 e. The summed E-state index contributed by atoms with van der Waals surface area (Å²) in [7, 11) is 0. The first-order valence-corrected chi connectivity index (χ1v) is 9.26. The Morgan fingerprint density at radius 1 is 0.885 bits per heavy atom. The molecule has 0 spiro atoms. The van der Waals surface area contributed by atoms with E-state index in [-0.39, 0.29) is 11.8 Å². The molecule has 0 unspecified atom stereocenters. The van der Waals surface area contributed by atoms with Crippen molar-refractivity contribution >= 4 is 23.2 Å². The number of hydrogen-bond donors (Lipinski definition) is 2. The highest BCUT2D eigenvalue weighted by Gasteiger charge is 2.56. The number of amides is 2. The minimum atomic E-state index is -0.944. The van der Waals surface area contributed by atoms with Crippen molar-refractivity contribution in [3.63, 3.8) is 0 Å². The van der Waals surface area contributed by atoms with Crippen LogP contribution in [0.2, 0.25) is 0 Å². The average molecular weight is 350 g/mol. The number of carbonyl (C=O) groups is 2. The molecule has 1 saturated carbocycles. The lowest BCUT2D eigenvalue weighted by Crippen LogP contribution is -2.35. The molecule has 0 aromatic heterocycles. The summed E-state index contributed by atoms with van der Waals surface area (Å²) in [5.41, 5.74) is 2.95. The first-order chi connectivity index (χ1) is 12.4. The Balaban J connectivity index is 1.65.